The van der Waals surface area contributed by atoms with E-state index >= 15 is 0 Å². The molecule has 0 fully saturated rings. The summed E-state index contributed by atoms with van der Waals surface area (Å²) in [5.41, 5.74) is 2.86. The Morgan fingerprint density at radius 1 is 1.17 bits per heavy atom. The average molecular weight is 408 g/mol. The van der Waals surface area contributed by atoms with Gasteiger partial charge in [0.15, 0.2) is 0 Å². The number of halogens is 1. The molecule has 2 heterocycles. The van der Waals surface area contributed by atoms with Gasteiger partial charge in [0.2, 0.25) is 11.9 Å². The van der Waals surface area contributed by atoms with Crippen LogP contribution in [-0.2, 0) is 4.79 Å². The molecule has 1 atom stereocenters. The SMILES string of the molecule is CC(C)CC(=O)Nc1nc2n(n1)[C@H](c1ccccc1Cl)C=C(c1ccccc1)N2. The number of hydrogen-bond acceptors (Lipinski definition) is 4. The molecular weight excluding hydrogens is 386 g/mol. The molecule has 0 saturated carbocycles. The second-order valence-electron chi connectivity index (χ2n) is 7.39. The summed E-state index contributed by atoms with van der Waals surface area (Å²) in [5, 5.41) is 11.3. The summed E-state index contributed by atoms with van der Waals surface area (Å²) in [6.07, 6.45) is 2.48. The quantitative estimate of drug-likeness (QED) is 0.626. The molecule has 1 aliphatic heterocycles. The van der Waals surface area contributed by atoms with Crippen molar-refractivity contribution in [2.75, 3.05) is 10.6 Å². The van der Waals surface area contributed by atoms with Gasteiger partial charge in [0.25, 0.3) is 5.95 Å². The molecule has 6 nitrogen and oxygen atoms in total. The van der Waals surface area contributed by atoms with Crippen LogP contribution in [0.3, 0.4) is 0 Å². The van der Waals surface area contributed by atoms with Crippen LogP contribution in [0.5, 0.6) is 0 Å². The Hall–Kier alpha value is -3.12. The van der Waals surface area contributed by atoms with Gasteiger partial charge in [-0.15, -0.1) is 5.10 Å². The van der Waals surface area contributed by atoms with Gasteiger partial charge in [-0.05, 0) is 29.2 Å². The molecule has 29 heavy (non-hydrogen) atoms. The number of allylic oxidation sites excluding steroid dienone is 1. The van der Waals surface area contributed by atoms with Crippen LogP contribution in [0.15, 0.2) is 60.7 Å². The van der Waals surface area contributed by atoms with Crippen LogP contribution in [0.2, 0.25) is 5.02 Å². The summed E-state index contributed by atoms with van der Waals surface area (Å²) in [6, 6.07) is 17.4. The van der Waals surface area contributed by atoms with E-state index in [0.717, 1.165) is 16.8 Å². The van der Waals surface area contributed by atoms with E-state index in [9.17, 15) is 4.79 Å². The number of rotatable bonds is 5. The van der Waals surface area contributed by atoms with Gasteiger partial charge in [0.05, 0.1) is 0 Å². The molecule has 148 valence electrons. The molecule has 1 aromatic heterocycles. The van der Waals surface area contributed by atoms with Crippen molar-refractivity contribution in [1.29, 1.82) is 0 Å². The average Bonchev–Trinajstić information content (AvgIpc) is 3.10. The van der Waals surface area contributed by atoms with Gasteiger partial charge < -0.3 is 5.32 Å². The van der Waals surface area contributed by atoms with Gasteiger partial charge in [0, 0.05) is 17.1 Å². The number of fused-ring (bicyclic) bond motifs is 1. The number of nitrogens with zero attached hydrogens (tertiary/aromatic N) is 3. The van der Waals surface area contributed by atoms with E-state index in [2.05, 4.69) is 26.8 Å². The fourth-order valence-electron chi connectivity index (χ4n) is 3.32. The molecule has 7 heteroatoms. The summed E-state index contributed by atoms with van der Waals surface area (Å²) < 4.78 is 1.75. The van der Waals surface area contributed by atoms with Crippen molar-refractivity contribution in [3.8, 4) is 0 Å². The molecule has 0 bridgehead atoms. The van der Waals surface area contributed by atoms with E-state index in [1.165, 1.54) is 0 Å². The Morgan fingerprint density at radius 3 is 2.62 bits per heavy atom. The predicted molar refractivity (Wildman–Crippen MR) is 116 cm³/mol. The molecule has 0 saturated heterocycles. The topological polar surface area (TPSA) is 71.8 Å². The number of amides is 1. The van der Waals surface area contributed by atoms with Gasteiger partial charge in [-0.1, -0.05) is 74.0 Å². The van der Waals surface area contributed by atoms with Crippen molar-refractivity contribution in [2.45, 2.75) is 26.3 Å². The minimum absolute atomic E-state index is 0.103. The zero-order valence-electron chi connectivity index (χ0n) is 16.3. The van der Waals surface area contributed by atoms with Crippen molar-refractivity contribution in [1.82, 2.24) is 14.8 Å². The van der Waals surface area contributed by atoms with Crippen molar-refractivity contribution >= 4 is 35.1 Å². The highest BCUT2D eigenvalue weighted by Crippen LogP contribution is 2.35. The monoisotopic (exact) mass is 407 g/mol. The fourth-order valence-corrected chi connectivity index (χ4v) is 3.56. The molecule has 1 amide bonds. The van der Waals surface area contributed by atoms with Crippen molar-refractivity contribution in [2.24, 2.45) is 5.92 Å². The van der Waals surface area contributed by atoms with Crippen LogP contribution in [0.25, 0.3) is 5.70 Å². The lowest BCUT2D eigenvalue weighted by Crippen LogP contribution is -2.20. The lowest BCUT2D eigenvalue weighted by atomic mass is 10.0. The summed E-state index contributed by atoms with van der Waals surface area (Å²) in [4.78, 5) is 16.7. The second kappa shape index (κ2) is 8.09. The molecule has 2 N–H and O–H groups in total. The normalized spacial score (nSPS) is 15.4. The second-order valence-corrected chi connectivity index (χ2v) is 7.79. The first-order valence-corrected chi connectivity index (χ1v) is 9.94. The molecular formula is C22H22ClN5O. The molecule has 4 rings (SSSR count). The van der Waals surface area contributed by atoms with Crippen molar-refractivity contribution < 1.29 is 4.79 Å². The number of nitrogens with one attached hydrogen (secondary N) is 2. The van der Waals surface area contributed by atoms with Crippen LogP contribution < -0.4 is 10.6 Å². The first-order valence-electron chi connectivity index (χ1n) is 9.56. The minimum Gasteiger partial charge on any atom is -0.324 e. The number of carbonyl (C=O) groups is 1. The Labute approximate surface area is 174 Å². The van der Waals surface area contributed by atoms with Gasteiger partial charge in [-0.3, -0.25) is 10.1 Å². The smallest absolute Gasteiger partial charge is 0.250 e. The Balaban J connectivity index is 1.73. The van der Waals surface area contributed by atoms with E-state index in [1.54, 1.807) is 4.68 Å². The van der Waals surface area contributed by atoms with E-state index in [4.69, 9.17) is 11.6 Å². The molecule has 0 aliphatic carbocycles. The van der Waals surface area contributed by atoms with Crippen molar-refractivity contribution in [3.63, 3.8) is 0 Å². The van der Waals surface area contributed by atoms with Gasteiger partial charge in [-0.25, -0.2) is 4.68 Å². The van der Waals surface area contributed by atoms with Gasteiger partial charge >= 0.3 is 0 Å². The standard InChI is InChI=1S/C22H22ClN5O/c1-14(2)12-20(29)25-21-26-22-24-18(15-8-4-3-5-9-15)13-19(28(22)27-21)16-10-6-7-11-17(16)23/h3-11,13-14,19H,12H2,1-2H3,(H2,24,25,26,27,29)/t19-/m0/s1. The van der Waals surface area contributed by atoms with Crippen LogP contribution in [-0.4, -0.2) is 20.7 Å². The Morgan fingerprint density at radius 2 is 1.90 bits per heavy atom. The van der Waals surface area contributed by atoms with Crippen LogP contribution >= 0.6 is 11.6 Å². The number of aromatic nitrogens is 3. The lowest BCUT2D eigenvalue weighted by molar-refractivity contribution is -0.116. The van der Waals surface area contributed by atoms with Crippen LogP contribution in [0.1, 0.15) is 37.4 Å². The van der Waals surface area contributed by atoms with Gasteiger partial charge in [-0.2, -0.15) is 4.98 Å². The molecule has 0 unspecified atom stereocenters. The third-order valence-corrected chi connectivity index (χ3v) is 4.96. The first kappa shape index (κ1) is 19.2. The first-order chi connectivity index (χ1) is 14.0. The minimum atomic E-state index is -0.251. The van der Waals surface area contributed by atoms with Gasteiger partial charge in [0.1, 0.15) is 6.04 Å². The third kappa shape index (κ3) is 4.17. The zero-order valence-corrected chi connectivity index (χ0v) is 17.0. The molecule has 1 aliphatic rings. The maximum Gasteiger partial charge on any atom is 0.250 e. The maximum atomic E-state index is 12.2. The highest BCUT2D eigenvalue weighted by atomic mass is 35.5. The predicted octanol–water partition coefficient (Wildman–Crippen LogP) is 4.97. The Kier molecular flexibility index (Phi) is 5.36. The summed E-state index contributed by atoms with van der Waals surface area (Å²) in [6.45, 7) is 3.99. The largest absolute Gasteiger partial charge is 0.324 e. The molecule has 3 aromatic rings. The third-order valence-electron chi connectivity index (χ3n) is 4.62. The van der Waals surface area contributed by atoms with Crippen LogP contribution in [0.4, 0.5) is 11.9 Å². The Bertz CT molecular complexity index is 1060. The zero-order chi connectivity index (χ0) is 20.4. The molecule has 0 spiro atoms. The highest BCUT2D eigenvalue weighted by Gasteiger charge is 2.27. The van der Waals surface area contributed by atoms with E-state index in [0.29, 0.717) is 17.4 Å². The van der Waals surface area contributed by atoms with Crippen LogP contribution in [0, 0.1) is 5.92 Å². The summed E-state index contributed by atoms with van der Waals surface area (Å²) in [7, 11) is 0. The number of hydrogen-bond donors (Lipinski definition) is 2. The van der Waals surface area contributed by atoms with E-state index in [-0.39, 0.29) is 23.8 Å². The molecule has 2 aromatic carbocycles. The lowest BCUT2D eigenvalue weighted by Gasteiger charge is -2.24. The molecule has 0 radical (unpaired) electrons. The van der Waals surface area contributed by atoms with E-state index in [1.807, 2.05) is 68.4 Å². The summed E-state index contributed by atoms with van der Waals surface area (Å²) >= 11 is 6.49. The highest BCUT2D eigenvalue weighted by molar-refractivity contribution is 6.31. The fraction of sp³-hybridized carbons (Fsp3) is 0.227. The summed E-state index contributed by atoms with van der Waals surface area (Å²) in [5.74, 6) is 0.982. The number of carbonyl (C=O) groups excluding carboxylic acids is 1. The van der Waals surface area contributed by atoms with Crippen molar-refractivity contribution in [3.05, 3.63) is 76.8 Å². The number of benzene rings is 2. The number of anilines is 2. The maximum absolute atomic E-state index is 12.2. The van der Waals surface area contributed by atoms with E-state index < -0.39 is 0 Å².